The van der Waals surface area contributed by atoms with Crippen LogP contribution in [0, 0.1) is 16.0 Å². The van der Waals surface area contributed by atoms with Gasteiger partial charge in [0.2, 0.25) is 0 Å². The fraction of sp³-hybridized carbons (Fsp3) is 0.600. The normalized spacial score (nSPS) is 18.6. The largest absolute Gasteiger partial charge is 0.376 e. The molecule has 1 heterocycles. The summed E-state index contributed by atoms with van der Waals surface area (Å²) < 4.78 is 29.4. The van der Waals surface area contributed by atoms with Crippen LogP contribution < -0.4 is 4.90 Å². The molecular formula is C15H22N2O5S. The summed E-state index contributed by atoms with van der Waals surface area (Å²) in [7, 11) is -3.67. The molecule has 1 saturated heterocycles. The average Bonchev–Trinajstić information content (AvgIpc) is 2.92. The van der Waals surface area contributed by atoms with Gasteiger partial charge in [-0.25, -0.2) is 8.42 Å². The van der Waals surface area contributed by atoms with Gasteiger partial charge in [-0.2, -0.15) is 0 Å². The number of anilines is 1. The van der Waals surface area contributed by atoms with Crippen LogP contribution in [0.5, 0.6) is 0 Å². The lowest BCUT2D eigenvalue weighted by molar-refractivity contribution is -0.387. The Morgan fingerprint density at radius 2 is 2.13 bits per heavy atom. The van der Waals surface area contributed by atoms with Gasteiger partial charge >= 0.3 is 0 Å². The van der Waals surface area contributed by atoms with E-state index in [4.69, 9.17) is 4.74 Å². The molecule has 23 heavy (non-hydrogen) atoms. The number of nitro groups is 1. The van der Waals surface area contributed by atoms with Gasteiger partial charge in [-0.05, 0) is 24.5 Å². The van der Waals surface area contributed by atoms with Gasteiger partial charge in [-0.15, -0.1) is 0 Å². The lowest BCUT2D eigenvalue weighted by Crippen LogP contribution is -2.24. The van der Waals surface area contributed by atoms with Crippen LogP contribution in [0.2, 0.25) is 0 Å². The second-order valence-electron chi connectivity index (χ2n) is 6.27. The number of nitrogens with zero attached hydrogens (tertiary/aromatic N) is 2. The van der Waals surface area contributed by atoms with Gasteiger partial charge < -0.3 is 9.64 Å². The van der Waals surface area contributed by atoms with Gasteiger partial charge in [0.25, 0.3) is 5.69 Å². The van der Waals surface area contributed by atoms with E-state index in [0.29, 0.717) is 24.8 Å². The van der Waals surface area contributed by atoms with Crippen LogP contribution in [0.1, 0.15) is 20.3 Å². The molecule has 1 unspecified atom stereocenters. The minimum atomic E-state index is -3.67. The van der Waals surface area contributed by atoms with Crippen molar-refractivity contribution in [3.05, 3.63) is 28.3 Å². The average molecular weight is 342 g/mol. The maximum Gasteiger partial charge on any atom is 0.288 e. The van der Waals surface area contributed by atoms with E-state index < -0.39 is 14.8 Å². The summed E-state index contributed by atoms with van der Waals surface area (Å²) >= 11 is 0. The van der Waals surface area contributed by atoms with Crippen LogP contribution >= 0.6 is 0 Å². The number of hydrogen-bond donors (Lipinski definition) is 0. The van der Waals surface area contributed by atoms with Crippen molar-refractivity contribution >= 4 is 21.2 Å². The molecule has 1 aromatic carbocycles. The predicted molar refractivity (Wildman–Crippen MR) is 87.6 cm³/mol. The molecule has 1 fully saturated rings. The van der Waals surface area contributed by atoms with E-state index in [-0.39, 0.29) is 16.7 Å². The van der Waals surface area contributed by atoms with Crippen molar-refractivity contribution in [3.8, 4) is 0 Å². The molecule has 0 bridgehead atoms. The van der Waals surface area contributed by atoms with E-state index in [0.717, 1.165) is 19.2 Å². The molecule has 2 rings (SSSR count). The van der Waals surface area contributed by atoms with Crippen molar-refractivity contribution in [2.45, 2.75) is 31.3 Å². The van der Waals surface area contributed by atoms with Crippen LogP contribution in [0.25, 0.3) is 0 Å². The first-order valence-electron chi connectivity index (χ1n) is 7.53. The van der Waals surface area contributed by atoms with Crippen LogP contribution in [0.4, 0.5) is 11.4 Å². The van der Waals surface area contributed by atoms with Crippen LogP contribution in [0.15, 0.2) is 23.1 Å². The van der Waals surface area contributed by atoms with Crippen molar-refractivity contribution in [2.24, 2.45) is 5.92 Å². The van der Waals surface area contributed by atoms with E-state index >= 15 is 0 Å². The highest BCUT2D eigenvalue weighted by Crippen LogP contribution is 2.30. The van der Waals surface area contributed by atoms with Gasteiger partial charge in [0, 0.05) is 37.7 Å². The minimum absolute atomic E-state index is 0.106. The fourth-order valence-electron chi connectivity index (χ4n) is 2.57. The molecule has 8 heteroatoms. The summed E-state index contributed by atoms with van der Waals surface area (Å²) in [6, 6.07) is 4.24. The molecule has 0 aliphatic carbocycles. The maximum absolute atomic E-state index is 11.8. The predicted octanol–water partition coefficient (Wildman–Crippen LogP) is 2.25. The van der Waals surface area contributed by atoms with Gasteiger partial charge in [0.15, 0.2) is 9.84 Å². The zero-order chi connectivity index (χ0) is 17.2. The first kappa shape index (κ1) is 17.7. The second kappa shape index (κ2) is 6.84. The number of nitro benzene ring substituents is 1. The number of sulfone groups is 1. The van der Waals surface area contributed by atoms with E-state index in [1.807, 2.05) is 4.90 Å². The standard InChI is InChI=1S/C15H22N2O5S/c1-11(2)10-22-13-6-7-16(9-13)12-4-5-14(17(18)19)15(8-12)23(3,20)21/h4-5,8,11,13H,6-7,9-10H2,1-3H3. The Labute approximate surface area is 136 Å². The number of rotatable bonds is 6. The smallest absolute Gasteiger partial charge is 0.288 e. The Morgan fingerprint density at radius 3 is 2.70 bits per heavy atom. The second-order valence-corrected chi connectivity index (χ2v) is 8.25. The number of ether oxygens (including phenoxy) is 1. The summed E-state index contributed by atoms with van der Waals surface area (Å²) in [6.45, 7) is 6.26. The van der Waals surface area contributed by atoms with Crippen LogP contribution in [-0.2, 0) is 14.6 Å². The minimum Gasteiger partial charge on any atom is -0.376 e. The van der Waals surface area contributed by atoms with E-state index in [1.54, 1.807) is 6.07 Å². The third-order valence-electron chi connectivity index (χ3n) is 3.71. The Balaban J connectivity index is 2.20. The summed E-state index contributed by atoms with van der Waals surface area (Å²) in [5, 5.41) is 11.0. The maximum atomic E-state index is 11.8. The monoisotopic (exact) mass is 342 g/mol. The number of benzene rings is 1. The molecule has 0 spiro atoms. The molecule has 1 atom stereocenters. The number of hydrogen-bond acceptors (Lipinski definition) is 6. The highest BCUT2D eigenvalue weighted by molar-refractivity contribution is 7.90. The molecule has 1 aromatic rings. The zero-order valence-electron chi connectivity index (χ0n) is 13.6. The first-order valence-corrected chi connectivity index (χ1v) is 9.42. The van der Waals surface area contributed by atoms with Crippen molar-refractivity contribution in [1.82, 2.24) is 0 Å². The fourth-order valence-corrected chi connectivity index (χ4v) is 3.43. The van der Waals surface area contributed by atoms with Crippen molar-refractivity contribution in [3.63, 3.8) is 0 Å². The highest BCUT2D eigenvalue weighted by atomic mass is 32.2. The van der Waals surface area contributed by atoms with Crippen LogP contribution in [-0.4, -0.2) is 45.4 Å². The SMILES string of the molecule is CC(C)COC1CCN(c2ccc([N+](=O)[O-])c(S(C)(=O)=O)c2)C1. The molecule has 0 N–H and O–H groups in total. The summed E-state index contributed by atoms with van der Waals surface area (Å²) in [4.78, 5) is 12.1. The topological polar surface area (TPSA) is 89.8 Å². The van der Waals surface area contributed by atoms with Crippen molar-refractivity contribution in [1.29, 1.82) is 0 Å². The molecule has 0 amide bonds. The zero-order valence-corrected chi connectivity index (χ0v) is 14.4. The molecular weight excluding hydrogens is 320 g/mol. The molecule has 1 aliphatic heterocycles. The Kier molecular flexibility index (Phi) is 5.26. The van der Waals surface area contributed by atoms with E-state index in [2.05, 4.69) is 13.8 Å². The third kappa shape index (κ3) is 4.42. The van der Waals surface area contributed by atoms with E-state index in [9.17, 15) is 18.5 Å². The lowest BCUT2D eigenvalue weighted by atomic mass is 10.2. The highest BCUT2D eigenvalue weighted by Gasteiger charge is 2.27. The van der Waals surface area contributed by atoms with Gasteiger partial charge in [0.05, 0.1) is 11.0 Å². The van der Waals surface area contributed by atoms with Gasteiger partial charge in [0.1, 0.15) is 4.90 Å². The van der Waals surface area contributed by atoms with Crippen LogP contribution in [0.3, 0.4) is 0 Å². The Bertz CT molecular complexity index is 687. The summed E-state index contributed by atoms with van der Waals surface area (Å²) in [5.74, 6) is 0.459. The summed E-state index contributed by atoms with van der Waals surface area (Å²) in [5.41, 5.74) is 0.287. The first-order chi connectivity index (χ1) is 10.7. The molecule has 0 saturated carbocycles. The Hall–Kier alpha value is -1.67. The van der Waals surface area contributed by atoms with Gasteiger partial charge in [-0.1, -0.05) is 13.8 Å². The third-order valence-corrected chi connectivity index (χ3v) is 4.84. The molecule has 0 aromatic heterocycles. The molecule has 0 radical (unpaired) electrons. The Morgan fingerprint density at radius 1 is 1.43 bits per heavy atom. The van der Waals surface area contributed by atoms with Crippen molar-refractivity contribution < 1.29 is 18.1 Å². The quantitative estimate of drug-likeness (QED) is 0.582. The van der Waals surface area contributed by atoms with Gasteiger partial charge in [-0.3, -0.25) is 10.1 Å². The van der Waals surface area contributed by atoms with E-state index in [1.165, 1.54) is 12.1 Å². The summed E-state index contributed by atoms with van der Waals surface area (Å²) in [6.07, 6.45) is 1.95. The molecule has 7 nitrogen and oxygen atoms in total. The molecule has 1 aliphatic rings. The molecule has 128 valence electrons. The van der Waals surface area contributed by atoms with Crippen molar-refractivity contribution in [2.75, 3.05) is 30.9 Å². The lowest BCUT2D eigenvalue weighted by Gasteiger charge is -2.19.